The largest absolute Gasteiger partial charge is 0.479 e. The maximum Gasteiger partial charge on any atom is 0.330 e. The van der Waals surface area contributed by atoms with Gasteiger partial charge < -0.3 is 19.9 Å². The first-order valence-corrected chi connectivity index (χ1v) is 8.61. The Labute approximate surface area is 148 Å². The summed E-state index contributed by atoms with van der Waals surface area (Å²) in [5, 5.41) is 12.4. The van der Waals surface area contributed by atoms with E-state index in [0.717, 1.165) is 5.56 Å². The van der Waals surface area contributed by atoms with Gasteiger partial charge in [0.05, 0.1) is 25.7 Å². The maximum atomic E-state index is 12.2. The van der Waals surface area contributed by atoms with Crippen LogP contribution in [0.4, 0.5) is 0 Å². The van der Waals surface area contributed by atoms with E-state index in [9.17, 15) is 14.7 Å². The van der Waals surface area contributed by atoms with Crippen molar-refractivity contribution >= 4 is 11.9 Å². The third kappa shape index (κ3) is 4.02. The quantitative estimate of drug-likeness (QED) is 0.669. The Morgan fingerprint density at radius 3 is 2.52 bits per heavy atom. The molecule has 2 rings (SSSR count). The van der Waals surface area contributed by atoms with Crippen molar-refractivity contribution in [2.45, 2.75) is 51.9 Å². The zero-order valence-electron chi connectivity index (χ0n) is 15.1. The number of carboxylic acids is 1. The highest BCUT2D eigenvalue weighted by Gasteiger charge is 2.66. The van der Waals surface area contributed by atoms with E-state index in [4.69, 9.17) is 9.47 Å². The monoisotopic (exact) mass is 349 g/mol. The number of aliphatic carboxylic acids is 1. The average molecular weight is 349 g/mol. The number of nitrogens with one attached hydrogen (secondary N) is 1. The number of hydrogen-bond acceptors (Lipinski definition) is 4. The van der Waals surface area contributed by atoms with Crippen LogP contribution in [-0.2, 0) is 25.7 Å². The van der Waals surface area contributed by atoms with E-state index in [2.05, 4.69) is 5.32 Å². The minimum atomic E-state index is -1.29. The lowest BCUT2D eigenvalue weighted by atomic mass is 9.54. The molecule has 1 aromatic carbocycles. The zero-order chi connectivity index (χ0) is 18.5. The minimum Gasteiger partial charge on any atom is -0.479 e. The molecule has 0 radical (unpaired) electrons. The number of carbonyl (C=O) groups excluding carboxylic acids is 1. The lowest BCUT2D eigenvalue weighted by Gasteiger charge is -2.58. The van der Waals surface area contributed by atoms with E-state index in [1.54, 1.807) is 0 Å². The van der Waals surface area contributed by atoms with Crippen molar-refractivity contribution in [3.63, 3.8) is 0 Å². The maximum absolute atomic E-state index is 12.2. The van der Waals surface area contributed by atoms with Gasteiger partial charge in [0.2, 0.25) is 5.91 Å². The summed E-state index contributed by atoms with van der Waals surface area (Å²) in [6.07, 6.45) is 0.222. The van der Waals surface area contributed by atoms with Crippen LogP contribution in [0.2, 0.25) is 0 Å². The van der Waals surface area contributed by atoms with Crippen LogP contribution in [0.25, 0.3) is 0 Å². The van der Waals surface area contributed by atoms with Gasteiger partial charge in [0.15, 0.2) is 0 Å². The third-order valence-corrected chi connectivity index (χ3v) is 5.07. The second-order valence-electron chi connectivity index (χ2n) is 6.92. The Bertz CT molecular complexity index is 601. The number of carbonyl (C=O) groups is 2. The molecule has 1 amide bonds. The standard InChI is InChI=1S/C19H27NO5/c1-4-25-15-12-19(17(22)23,18(15,2)3)20-16(21)10-11-24-13-14-8-6-5-7-9-14/h5-9,15H,4,10-13H2,1-3H3,(H,20,21)(H,22,23). The van der Waals surface area contributed by atoms with Gasteiger partial charge in [-0.25, -0.2) is 4.79 Å². The van der Waals surface area contributed by atoms with Crippen LogP contribution >= 0.6 is 0 Å². The molecule has 2 N–H and O–H groups in total. The summed E-state index contributed by atoms with van der Waals surface area (Å²) in [4.78, 5) is 24.0. The molecule has 0 heterocycles. The summed E-state index contributed by atoms with van der Waals surface area (Å²) >= 11 is 0. The number of benzene rings is 1. The van der Waals surface area contributed by atoms with Crippen LogP contribution in [0.5, 0.6) is 0 Å². The Hall–Kier alpha value is -1.92. The lowest BCUT2D eigenvalue weighted by Crippen LogP contribution is -2.76. The number of hydrogen-bond donors (Lipinski definition) is 2. The lowest BCUT2D eigenvalue weighted by molar-refractivity contribution is -0.194. The molecule has 2 atom stereocenters. The van der Waals surface area contributed by atoms with E-state index in [0.29, 0.717) is 13.2 Å². The van der Waals surface area contributed by atoms with Crippen LogP contribution in [0.3, 0.4) is 0 Å². The van der Waals surface area contributed by atoms with Crippen molar-refractivity contribution in [3.05, 3.63) is 35.9 Å². The van der Waals surface area contributed by atoms with Gasteiger partial charge in [-0.3, -0.25) is 4.79 Å². The molecule has 1 aliphatic rings. The number of ether oxygens (including phenoxy) is 2. The fourth-order valence-corrected chi connectivity index (χ4v) is 3.27. The fourth-order valence-electron chi connectivity index (χ4n) is 3.27. The van der Waals surface area contributed by atoms with Crippen LogP contribution in [0.1, 0.15) is 39.2 Å². The fraction of sp³-hybridized carbons (Fsp3) is 0.579. The number of amides is 1. The molecule has 6 heteroatoms. The van der Waals surface area contributed by atoms with Crippen LogP contribution in [0.15, 0.2) is 30.3 Å². The normalized spacial score (nSPS) is 24.4. The Morgan fingerprint density at radius 1 is 1.28 bits per heavy atom. The van der Waals surface area contributed by atoms with E-state index in [-0.39, 0.29) is 31.5 Å². The smallest absolute Gasteiger partial charge is 0.330 e. The molecule has 0 bridgehead atoms. The predicted octanol–water partition coefficient (Wildman–Crippen LogP) is 2.37. The third-order valence-electron chi connectivity index (χ3n) is 5.07. The second kappa shape index (κ2) is 7.97. The van der Waals surface area contributed by atoms with Gasteiger partial charge in [0.1, 0.15) is 5.54 Å². The molecule has 1 aromatic rings. The van der Waals surface area contributed by atoms with E-state index < -0.39 is 16.9 Å². The van der Waals surface area contributed by atoms with Gasteiger partial charge in [0, 0.05) is 18.4 Å². The highest BCUT2D eigenvalue weighted by Crippen LogP contribution is 2.51. The van der Waals surface area contributed by atoms with Gasteiger partial charge in [0.25, 0.3) is 0 Å². The van der Waals surface area contributed by atoms with E-state index in [1.807, 2.05) is 51.1 Å². The van der Waals surface area contributed by atoms with Crippen LogP contribution < -0.4 is 5.32 Å². The molecular weight excluding hydrogens is 322 g/mol. The Morgan fingerprint density at radius 2 is 1.96 bits per heavy atom. The van der Waals surface area contributed by atoms with E-state index in [1.165, 1.54) is 0 Å². The first-order valence-electron chi connectivity index (χ1n) is 8.61. The molecule has 1 aliphatic carbocycles. The van der Waals surface area contributed by atoms with Crippen LogP contribution in [0, 0.1) is 5.41 Å². The molecule has 0 spiro atoms. The summed E-state index contributed by atoms with van der Waals surface area (Å²) in [7, 11) is 0. The van der Waals surface area contributed by atoms with Crippen molar-refractivity contribution in [2.24, 2.45) is 5.41 Å². The van der Waals surface area contributed by atoms with Gasteiger partial charge >= 0.3 is 5.97 Å². The van der Waals surface area contributed by atoms with Gasteiger partial charge in [-0.2, -0.15) is 0 Å². The molecule has 1 fully saturated rings. The zero-order valence-corrected chi connectivity index (χ0v) is 15.1. The number of carboxylic acid groups (broad SMARTS) is 1. The Kier molecular flexibility index (Phi) is 6.19. The average Bonchev–Trinajstić information content (AvgIpc) is 2.58. The molecule has 0 saturated heterocycles. The molecule has 0 aliphatic heterocycles. The van der Waals surface area contributed by atoms with Crippen molar-refractivity contribution < 1.29 is 24.2 Å². The molecular formula is C19H27NO5. The van der Waals surface area contributed by atoms with Gasteiger partial charge in [-0.1, -0.05) is 44.2 Å². The predicted molar refractivity (Wildman–Crippen MR) is 93.0 cm³/mol. The van der Waals surface area contributed by atoms with Crippen molar-refractivity contribution in [3.8, 4) is 0 Å². The van der Waals surface area contributed by atoms with Crippen molar-refractivity contribution in [1.82, 2.24) is 5.32 Å². The molecule has 138 valence electrons. The molecule has 2 unspecified atom stereocenters. The summed E-state index contributed by atoms with van der Waals surface area (Å²) in [5.74, 6) is -1.34. The topological polar surface area (TPSA) is 84.9 Å². The molecule has 6 nitrogen and oxygen atoms in total. The Balaban J connectivity index is 1.84. The summed E-state index contributed by atoms with van der Waals surface area (Å²) in [6.45, 7) is 6.70. The molecule has 1 saturated carbocycles. The van der Waals surface area contributed by atoms with E-state index >= 15 is 0 Å². The van der Waals surface area contributed by atoms with Gasteiger partial charge in [-0.05, 0) is 12.5 Å². The number of rotatable bonds is 9. The highest BCUT2D eigenvalue weighted by molar-refractivity contribution is 5.89. The van der Waals surface area contributed by atoms with Crippen molar-refractivity contribution in [1.29, 1.82) is 0 Å². The summed E-state index contributed by atoms with van der Waals surface area (Å²) in [6, 6.07) is 9.68. The minimum absolute atomic E-state index is 0.122. The first kappa shape index (κ1) is 19.4. The summed E-state index contributed by atoms with van der Waals surface area (Å²) in [5.41, 5.74) is -0.928. The molecule has 0 aromatic heterocycles. The highest BCUT2D eigenvalue weighted by atomic mass is 16.5. The van der Waals surface area contributed by atoms with Crippen LogP contribution in [-0.4, -0.2) is 41.8 Å². The van der Waals surface area contributed by atoms with Crippen molar-refractivity contribution in [2.75, 3.05) is 13.2 Å². The SMILES string of the molecule is CCOC1CC(NC(=O)CCOCc2ccccc2)(C(=O)O)C1(C)C. The molecule has 25 heavy (non-hydrogen) atoms. The van der Waals surface area contributed by atoms with Gasteiger partial charge in [-0.15, -0.1) is 0 Å². The summed E-state index contributed by atoms with van der Waals surface area (Å²) < 4.78 is 11.1. The first-order chi connectivity index (χ1) is 11.8. The second-order valence-corrected chi connectivity index (χ2v) is 6.92.